The molecule has 0 aliphatic heterocycles. The molecule has 0 aliphatic carbocycles. The molecule has 0 fully saturated rings. The van der Waals surface area contributed by atoms with E-state index in [4.69, 9.17) is 14.2 Å². The molecule has 0 spiro atoms. The van der Waals surface area contributed by atoms with Gasteiger partial charge in [-0.15, -0.1) is 0 Å². The highest BCUT2D eigenvalue weighted by atomic mass is 32.2. The molecule has 0 atom stereocenters. The highest BCUT2D eigenvalue weighted by molar-refractivity contribution is 7.99. The first-order valence-corrected chi connectivity index (χ1v) is 8.80. The molecule has 7 nitrogen and oxygen atoms in total. The Balaban J connectivity index is 1.66. The molecule has 2 aromatic carbocycles. The van der Waals surface area contributed by atoms with E-state index in [-0.39, 0.29) is 11.7 Å². The lowest BCUT2D eigenvalue weighted by Crippen LogP contribution is -2.14. The molecule has 26 heavy (non-hydrogen) atoms. The summed E-state index contributed by atoms with van der Waals surface area (Å²) in [6, 6.07) is 10.8. The van der Waals surface area contributed by atoms with Crippen LogP contribution in [0.25, 0.3) is 11.0 Å². The molecule has 136 valence electrons. The van der Waals surface area contributed by atoms with E-state index in [1.807, 2.05) is 18.2 Å². The number of amides is 1. The number of imidazole rings is 1. The predicted octanol–water partition coefficient (Wildman–Crippen LogP) is 3.32. The van der Waals surface area contributed by atoms with Gasteiger partial charge in [-0.2, -0.15) is 0 Å². The van der Waals surface area contributed by atoms with Gasteiger partial charge in [0.25, 0.3) is 0 Å². The Morgan fingerprint density at radius 3 is 2.54 bits per heavy atom. The third-order valence-corrected chi connectivity index (χ3v) is 4.56. The van der Waals surface area contributed by atoms with Crippen LogP contribution >= 0.6 is 11.8 Å². The molecule has 1 aromatic heterocycles. The fraction of sp³-hybridized carbons (Fsp3) is 0.222. The van der Waals surface area contributed by atoms with E-state index in [1.54, 1.807) is 39.5 Å². The Kier molecular flexibility index (Phi) is 5.52. The second kappa shape index (κ2) is 8.01. The number of hydrogen-bond acceptors (Lipinski definition) is 6. The third kappa shape index (κ3) is 4.02. The highest BCUT2D eigenvalue weighted by Gasteiger charge is 2.11. The minimum atomic E-state index is -0.167. The van der Waals surface area contributed by atoms with E-state index in [2.05, 4.69) is 15.3 Å². The number of nitrogens with one attached hydrogen (secondary N) is 2. The summed E-state index contributed by atoms with van der Waals surface area (Å²) in [5.74, 6) is 2.00. The van der Waals surface area contributed by atoms with Crippen LogP contribution in [0.5, 0.6) is 17.2 Å². The third-order valence-electron chi connectivity index (χ3n) is 3.69. The van der Waals surface area contributed by atoms with Crippen molar-refractivity contribution in [1.82, 2.24) is 9.97 Å². The van der Waals surface area contributed by atoms with E-state index < -0.39 is 0 Å². The van der Waals surface area contributed by atoms with Crippen molar-refractivity contribution < 1.29 is 19.0 Å². The lowest BCUT2D eigenvalue weighted by molar-refractivity contribution is -0.113. The Morgan fingerprint density at radius 1 is 1.08 bits per heavy atom. The van der Waals surface area contributed by atoms with Crippen LogP contribution in [-0.4, -0.2) is 43.0 Å². The van der Waals surface area contributed by atoms with Gasteiger partial charge in [-0.05, 0) is 24.3 Å². The molecular formula is C18H19N3O4S. The number of H-pyrrole nitrogens is 1. The standard InChI is InChI=1S/C18H19N3O4S/c1-23-11-4-6-13-14(8-11)21-18(20-13)26-10-17(22)19-15-9-12(24-2)5-7-16(15)25-3/h4-9H,10H2,1-3H3,(H,19,22)(H,20,21). The van der Waals surface area contributed by atoms with Crippen LogP contribution in [0.4, 0.5) is 5.69 Å². The number of nitrogens with zero attached hydrogens (tertiary/aromatic N) is 1. The number of fused-ring (bicyclic) bond motifs is 1. The van der Waals surface area contributed by atoms with Crippen molar-refractivity contribution >= 4 is 34.4 Å². The smallest absolute Gasteiger partial charge is 0.234 e. The fourth-order valence-electron chi connectivity index (χ4n) is 2.39. The normalized spacial score (nSPS) is 10.6. The number of methoxy groups -OCH3 is 3. The number of ether oxygens (including phenoxy) is 3. The maximum Gasteiger partial charge on any atom is 0.234 e. The zero-order chi connectivity index (χ0) is 18.5. The van der Waals surface area contributed by atoms with Gasteiger partial charge < -0.3 is 24.5 Å². The van der Waals surface area contributed by atoms with Crippen LogP contribution in [0.2, 0.25) is 0 Å². The number of carbonyl (C=O) groups is 1. The van der Waals surface area contributed by atoms with Crippen LogP contribution in [-0.2, 0) is 4.79 Å². The Labute approximate surface area is 155 Å². The molecule has 1 amide bonds. The Hall–Kier alpha value is -2.87. The summed E-state index contributed by atoms with van der Waals surface area (Å²) in [4.78, 5) is 19.9. The van der Waals surface area contributed by atoms with Gasteiger partial charge in [0.2, 0.25) is 5.91 Å². The summed E-state index contributed by atoms with van der Waals surface area (Å²) < 4.78 is 15.6. The molecule has 0 bridgehead atoms. The number of benzene rings is 2. The highest BCUT2D eigenvalue weighted by Crippen LogP contribution is 2.29. The van der Waals surface area contributed by atoms with Gasteiger partial charge in [-0.25, -0.2) is 4.98 Å². The molecule has 3 aromatic rings. The van der Waals surface area contributed by atoms with E-state index in [0.717, 1.165) is 16.8 Å². The summed E-state index contributed by atoms with van der Waals surface area (Å²) in [6.07, 6.45) is 0. The van der Waals surface area contributed by atoms with Crippen LogP contribution in [0.1, 0.15) is 0 Å². The fourth-order valence-corrected chi connectivity index (χ4v) is 3.08. The van der Waals surface area contributed by atoms with Crippen molar-refractivity contribution in [2.45, 2.75) is 5.16 Å². The summed E-state index contributed by atoms with van der Waals surface area (Å²) >= 11 is 1.32. The van der Waals surface area contributed by atoms with Gasteiger partial charge in [0, 0.05) is 12.1 Å². The van der Waals surface area contributed by atoms with Gasteiger partial charge in [-0.1, -0.05) is 11.8 Å². The van der Waals surface area contributed by atoms with E-state index in [0.29, 0.717) is 22.3 Å². The average molecular weight is 373 g/mol. The SMILES string of the molecule is COc1ccc(OC)c(NC(=O)CSc2nc3ccc(OC)cc3[nH]2)c1. The lowest BCUT2D eigenvalue weighted by atomic mass is 10.2. The quantitative estimate of drug-likeness (QED) is 0.618. The first-order chi connectivity index (χ1) is 12.6. The number of aromatic amines is 1. The number of thioether (sulfide) groups is 1. The molecule has 0 saturated carbocycles. The second-order valence-corrected chi connectivity index (χ2v) is 6.29. The van der Waals surface area contributed by atoms with Crippen molar-refractivity contribution in [3.05, 3.63) is 36.4 Å². The van der Waals surface area contributed by atoms with Gasteiger partial charge in [0.1, 0.15) is 17.2 Å². The van der Waals surface area contributed by atoms with Crippen LogP contribution in [0.15, 0.2) is 41.6 Å². The molecule has 0 aliphatic rings. The van der Waals surface area contributed by atoms with E-state index in [9.17, 15) is 4.79 Å². The topological polar surface area (TPSA) is 85.5 Å². The number of hydrogen-bond donors (Lipinski definition) is 2. The maximum absolute atomic E-state index is 12.3. The Bertz CT molecular complexity index is 926. The minimum absolute atomic E-state index is 0.167. The van der Waals surface area contributed by atoms with Crippen molar-refractivity contribution in [3.63, 3.8) is 0 Å². The summed E-state index contributed by atoms with van der Waals surface area (Å²) in [6.45, 7) is 0. The molecule has 0 radical (unpaired) electrons. The van der Waals surface area contributed by atoms with Crippen molar-refractivity contribution in [1.29, 1.82) is 0 Å². The van der Waals surface area contributed by atoms with Crippen molar-refractivity contribution in [2.75, 3.05) is 32.4 Å². The van der Waals surface area contributed by atoms with Crippen molar-refractivity contribution in [3.8, 4) is 17.2 Å². The van der Waals surface area contributed by atoms with Gasteiger partial charge in [0.15, 0.2) is 5.16 Å². The van der Waals surface area contributed by atoms with Crippen molar-refractivity contribution in [2.24, 2.45) is 0 Å². The van der Waals surface area contributed by atoms with E-state index in [1.165, 1.54) is 11.8 Å². The number of carbonyl (C=O) groups excluding carboxylic acids is 1. The summed E-state index contributed by atoms with van der Waals surface area (Å²) in [5, 5.41) is 3.50. The summed E-state index contributed by atoms with van der Waals surface area (Å²) in [7, 11) is 4.74. The largest absolute Gasteiger partial charge is 0.497 e. The first-order valence-electron chi connectivity index (χ1n) is 7.81. The van der Waals surface area contributed by atoms with Crippen LogP contribution < -0.4 is 19.5 Å². The zero-order valence-electron chi connectivity index (χ0n) is 14.7. The summed E-state index contributed by atoms with van der Waals surface area (Å²) in [5.41, 5.74) is 2.25. The number of aromatic nitrogens is 2. The minimum Gasteiger partial charge on any atom is -0.497 e. The Morgan fingerprint density at radius 2 is 1.81 bits per heavy atom. The molecule has 0 unspecified atom stereocenters. The first kappa shape index (κ1) is 17.9. The van der Waals surface area contributed by atoms with Crippen LogP contribution in [0.3, 0.4) is 0 Å². The maximum atomic E-state index is 12.3. The monoisotopic (exact) mass is 373 g/mol. The van der Waals surface area contributed by atoms with Gasteiger partial charge in [0.05, 0.1) is 43.8 Å². The van der Waals surface area contributed by atoms with E-state index >= 15 is 0 Å². The zero-order valence-corrected chi connectivity index (χ0v) is 15.5. The molecule has 2 N–H and O–H groups in total. The predicted molar refractivity (Wildman–Crippen MR) is 102 cm³/mol. The second-order valence-electron chi connectivity index (χ2n) is 5.33. The van der Waals surface area contributed by atoms with Gasteiger partial charge in [-0.3, -0.25) is 4.79 Å². The number of anilines is 1. The molecule has 8 heteroatoms. The average Bonchev–Trinajstić information content (AvgIpc) is 3.08. The molecule has 3 rings (SSSR count). The van der Waals surface area contributed by atoms with Gasteiger partial charge >= 0.3 is 0 Å². The molecule has 1 heterocycles. The number of rotatable bonds is 7. The molecule has 0 saturated heterocycles. The van der Waals surface area contributed by atoms with Crippen LogP contribution in [0, 0.1) is 0 Å². The molecular weight excluding hydrogens is 354 g/mol. The lowest BCUT2D eigenvalue weighted by Gasteiger charge is -2.11.